The van der Waals surface area contributed by atoms with Crippen LogP contribution >= 0.6 is 0 Å². The lowest BCUT2D eigenvalue weighted by atomic mass is 10.0. The molecular formula is C19H23N3O4. The van der Waals surface area contributed by atoms with Crippen molar-refractivity contribution < 1.29 is 19.1 Å². The highest BCUT2D eigenvalue weighted by Gasteiger charge is 2.27. The number of hydrogen-bond donors (Lipinski definition) is 1. The van der Waals surface area contributed by atoms with Crippen molar-refractivity contribution in [1.82, 2.24) is 15.2 Å². The third kappa shape index (κ3) is 3.87. The number of alkyl carbamates (subject to hydrolysis) is 1. The van der Waals surface area contributed by atoms with Gasteiger partial charge in [-0.1, -0.05) is 18.2 Å². The lowest BCUT2D eigenvalue weighted by Gasteiger charge is -2.32. The van der Waals surface area contributed by atoms with Crippen molar-refractivity contribution in [3.63, 3.8) is 0 Å². The number of ether oxygens (including phenoxy) is 2. The third-order valence-corrected chi connectivity index (χ3v) is 4.42. The minimum Gasteiger partial charge on any atom is -0.481 e. The van der Waals surface area contributed by atoms with Gasteiger partial charge in [-0.15, -0.1) is 0 Å². The number of nitrogens with one attached hydrogen (secondary N) is 1. The number of fused-ring (bicyclic) bond motifs is 1. The van der Waals surface area contributed by atoms with Crippen LogP contribution in [-0.4, -0.2) is 54.7 Å². The molecular weight excluding hydrogens is 334 g/mol. The van der Waals surface area contributed by atoms with Crippen LogP contribution in [0.5, 0.6) is 5.88 Å². The summed E-state index contributed by atoms with van der Waals surface area (Å²) in [5, 5.41) is 4.58. The van der Waals surface area contributed by atoms with E-state index in [2.05, 4.69) is 10.3 Å². The molecule has 0 saturated carbocycles. The number of nitrogens with zero attached hydrogens (tertiary/aromatic N) is 2. The van der Waals surface area contributed by atoms with E-state index in [-0.39, 0.29) is 11.9 Å². The molecule has 2 heterocycles. The summed E-state index contributed by atoms with van der Waals surface area (Å²) in [6.45, 7) is 3.15. The highest BCUT2D eigenvalue weighted by Crippen LogP contribution is 2.25. The number of carbonyl (C=O) groups excluding carboxylic acids is 2. The zero-order valence-electron chi connectivity index (χ0n) is 15.0. The van der Waals surface area contributed by atoms with Gasteiger partial charge in [-0.05, 0) is 37.3 Å². The Balaban J connectivity index is 1.78. The second-order valence-electron chi connectivity index (χ2n) is 6.19. The minimum absolute atomic E-state index is 0.117. The van der Waals surface area contributed by atoms with Gasteiger partial charge in [0.2, 0.25) is 5.88 Å². The van der Waals surface area contributed by atoms with Gasteiger partial charge in [0.15, 0.2) is 0 Å². The minimum atomic E-state index is -0.447. The zero-order chi connectivity index (χ0) is 18.5. The summed E-state index contributed by atoms with van der Waals surface area (Å²) >= 11 is 0. The van der Waals surface area contributed by atoms with Gasteiger partial charge in [0, 0.05) is 24.5 Å². The standard InChI is InChI=1S/C19H23N3O4/c1-3-26-19(24)20-14-8-6-10-22(12-14)18(23)16-11-13-7-4-5-9-15(13)17(21-16)25-2/h4-5,7,9,11,14H,3,6,8,10,12H2,1-2H3,(H,20,24)/t14-/m0/s1. The predicted molar refractivity (Wildman–Crippen MR) is 97.4 cm³/mol. The first-order chi connectivity index (χ1) is 12.6. The van der Waals surface area contributed by atoms with Crippen molar-refractivity contribution in [3.8, 4) is 5.88 Å². The number of carbonyl (C=O) groups is 2. The molecule has 1 aliphatic rings. The maximum Gasteiger partial charge on any atom is 0.407 e. The van der Waals surface area contributed by atoms with E-state index in [0.29, 0.717) is 31.3 Å². The normalized spacial score (nSPS) is 17.0. The largest absolute Gasteiger partial charge is 0.481 e. The molecule has 1 aromatic heterocycles. The Labute approximate surface area is 152 Å². The van der Waals surface area contributed by atoms with Gasteiger partial charge >= 0.3 is 6.09 Å². The van der Waals surface area contributed by atoms with E-state index in [9.17, 15) is 9.59 Å². The Morgan fingerprint density at radius 3 is 2.92 bits per heavy atom. The lowest BCUT2D eigenvalue weighted by Crippen LogP contribution is -2.49. The summed E-state index contributed by atoms with van der Waals surface area (Å²) in [7, 11) is 1.54. The topological polar surface area (TPSA) is 80.8 Å². The van der Waals surface area contributed by atoms with E-state index in [4.69, 9.17) is 9.47 Å². The van der Waals surface area contributed by atoms with Gasteiger partial charge in [0.05, 0.1) is 13.7 Å². The number of hydrogen-bond acceptors (Lipinski definition) is 5. The first-order valence-electron chi connectivity index (χ1n) is 8.78. The van der Waals surface area contributed by atoms with E-state index in [0.717, 1.165) is 23.6 Å². The molecule has 0 unspecified atom stereocenters. The van der Waals surface area contributed by atoms with Crippen molar-refractivity contribution in [2.45, 2.75) is 25.8 Å². The molecule has 7 nitrogen and oxygen atoms in total. The number of aromatic nitrogens is 1. The smallest absolute Gasteiger partial charge is 0.407 e. The van der Waals surface area contributed by atoms with Crippen LogP contribution in [0.25, 0.3) is 10.8 Å². The summed E-state index contributed by atoms with van der Waals surface area (Å²) in [4.78, 5) is 30.7. The van der Waals surface area contributed by atoms with E-state index < -0.39 is 6.09 Å². The number of rotatable bonds is 4. The first-order valence-corrected chi connectivity index (χ1v) is 8.78. The van der Waals surface area contributed by atoms with Crippen LogP contribution in [0.15, 0.2) is 30.3 Å². The molecule has 2 amide bonds. The molecule has 0 radical (unpaired) electrons. The van der Waals surface area contributed by atoms with Crippen molar-refractivity contribution in [2.24, 2.45) is 0 Å². The van der Waals surface area contributed by atoms with Crippen molar-refractivity contribution in [2.75, 3.05) is 26.8 Å². The van der Waals surface area contributed by atoms with Crippen LogP contribution in [0.1, 0.15) is 30.3 Å². The number of pyridine rings is 1. The van der Waals surface area contributed by atoms with E-state index in [1.165, 1.54) is 0 Å². The second-order valence-corrected chi connectivity index (χ2v) is 6.19. The molecule has 0 aliphatic carbocycles. The van der Waals surface area contributed by atoms with Gasteiger partial charge in [0.25, 0.3) is 5.91 Å². The van der Waals surface area contributed by atoms with E-state index >= 15 is 0 Å². The fourth-order valence-electron chi connectivity index (χ4n) is 3.21. The monoisotopic (exact) mass is 357 g/mol. The Morgan fingerprint density at radius 1 is 1.35 bits per heavy atom. The highest BCUT2D eigenvalue weighted by atomic mass is 16.5. The Hall–Kier alpha value is -2.83. The molecule has 26 heavy (non-hydrogen) atoms. The van der Waals surface area contributed by atoms with E-state index in [1.54, 1.807) is 25.0 Å². The molecule has 0 spiro atoms. The van der Waals surface area contributed by atoms with Gasteiger partial charge in [-0.2, -0.15) is 0 Å². The Kier molecular flexibility index (Phi) is 5.55. The summed E-state index contributed by atoms with van der Waals surface area (Å²) in [6, 6.07) is 9.32. The summed E-state index contributed by atoms with van der Waals surface area (Å²) < 4.78 is 10.3. The maximum absolute atomic E-state index is 12.9. The summed E-state index contributed by atoms with van der Waals surface area (Å²) in [6.07, 6.45) is 1.18. The quantitative estimate of drug-likeness (QED) is 0.910. The number of likely N-dealkylation sites (tertiary alicyclic amines) is 1. The highest BCUT2D eigenvalue weighted by molar-refractivity contribution is 5.98. The first kappa shape index (κ1) is 18.0. The third-order valence-electron chi connectivity index (χ3n) is 4.42. The Morgan fingerprint density at radius 2 is 2.15 bits per heavy atom. The molecule has 1 aliphatic heterocycles. The summed E-state index contributed by atoms with van der Waals surface area (Å²) in [5.74, 6) is 0.272. The van der Waals surface area contributed by atoms with Crippen molar-refractivity contribution in [1.29, 1.82) is 0 Å². The van der Waals surface area contributed by atoms with Crippen LogP contribution < -0.4 is 10.1 Å². The van der Waals surface area contributed by atoms with Crippen LogP contribution in [0, 0.1) is 0 Å². The predicted octanol–water partition coefficient (Wildman–Crippen LogP) is 2.59. The molecule has 1 N–H and O–H groups in total. The van der Waals surface area contributed by atoms with Gasteiger partial charge in [0.1, 0.15) is 5.69 Å². The fraction of sp³-hybridized carbons (Fsp3) is 0.421. The molecule has 1 fully saturated rings. The summed E-state index contributed by atoms with van der Waals surface area (Å²) in [5.41, 5.74) is 0.345. The van der Waals surface area contributed by atoms with E-state index in [1.807, 2.05) is 24.3 Å². The fourth-order valence-corrected chi connectivity index (χ4v) is 3.21. The van der Waals surface area contributed by atoms with Crippen LogP contribution in [0.4, 0.5) is 4.79 Å². The van der Waals surface area contributed by atoms with Crippen LogP contribution in [0.2, 0.25) is 0 Å². The molecule has 1 saturated heterocycles. The Bertz CT molecular complexity index is 808. The van der Waals surface area contributed by atoms with Crippen LogP contribution in [0.3, 0.4) is 0 Å². The number of piperidine rings is 1. The van der Waals surface area contributed by atoms with Crippen molar-refractivity contribution in [3.05, 3.63) is 36.0 Å². The molecule has 3 rings (SSSR count). The average Bonchev–Trinajstić information content (AvgIpc) is 2.66. The molecule has 1 aromatic carbocycles. The van der Waals surface area contributed by atoms with Crippen LogP contribution in [-0.2, 0) is 4.74 Å². The van der Waals surface area contributed by atoms with Gasteiger partial charge < -0.3 is 19.7 Å². The lowest BCUT2D eigenvalue weighted by molar-refractivity contribution is 0.0679. The number of benzene rings is 1. The number of amides is 2. The average molecular weight is 357 g/mol. The molecule has 138 valence electrons. The molecule has 2 aromatic rings. The zero-order valence-corrected chi connectivity index (χ0v) is 15.0. The molecule has 1 atom stereocenters. The van der Waals surface area contributed by atoms with Gasteiger partial charge in [-0.25, -0.2) is 9.78 Å². The second kappa shape index (κ2) is 8.03. The van der Waals surface area contributed by atoms with Gasteiger partial charge in [-0.3, -0.25) is 4.79 Å². The maximum atomic E-state index is 12.9. The SMILES string of the molecule is CCOC(=O)N[C@H]1CCCN(C(=O)c2cc3ccccc3c(OC)n2)C1. The van der Waals surface area contributed by atoms with Crippen molar-refractivity contribution >= 4 is 22.8 Å². The number of methoxy groups -OCH3 is 1. The molecule has 0 bridgehead atoms. The molecule has 7 heteroatoms.